The van der Waals surface area contributed by atoms with E-state index < -0.39 is 0 Å². The van der Waals surface area contributed by atoms with Gasteiger partial charge >= 0.3 is 0 Å². The molecule has 0 aliphatic rings. The number of aromatic nitrogens is 1. The standard InChI is InChI=1S/C13H11BrN2O.C2H6/c1-9-6-7-15-12(8-9)16-13(17)10-2-4-11(14)5-3-10;1-2/h2-8H,1H3,(H,15,16,17);1-2H3. The molecule has 100 valence electrons. The van der Waals surface area contributed by atoms with E-state index in [0.717, 1.165) is 10.0 Å². The van der Waals surface area contributed by atoms with Crippen LogP contribution in [0.25, 0.3) is 0 Å². The molecule has 3 nitrogen and oxygen atoms in total. The van der Waals surface area contributed by atoms with Crippen molar-refractivity contribution >= 4 is 27.7 Å². The van der Waals surface area contributed by atoms with Crippen molar-refractivity contribution in [3.63, 3.8) is 0 Å². The number of benzene rings is 1. The van der Waals surface area contributed by atoms with E-state index in [4.69, 9.17) is 0 Å². The molecule has 1 N–H and O–H groups in total. The zero-order valence-corrected chi connectivity index (χ0v) is 12.9. The van der Waals surface area contributed by atoms with Crippen molar-refractivity contribution in [1.82, 2.24) is 4.98 Å². The van der Waals surface area contributed by atoms with Gasteiger partial charge in [0.25, 0.3) is 5.91 Å². The zero-order valence-electron chi connectivity index (χ0n) is 11.3. The zero-order chi connectivity index (χ0) is 14.3. The van der Waals surface area contributed by atoms with Gasteiger partial charge < -0.3 is 5.32 Å². The van der Waals surface area contributed by atoms with Crippen molar-refractivity contribution in [2.24, 2.45) is 0 Å². The van der Waals surface area contributed by atoms with Crippen LogP contribution in [0.15, 0.2) is 47.1 Å². The molecule has 0 radical (unpaired) electrons. The SMILES string of the molecule is CC.Cc1ccnc(NC(=O)c2ccc(Br)cc2)c1. The highest BCUT2D eigenvalue weighted by Crippen LogP contribution is 2.12. The van der Waals surface area contributed by atoms with E-state index in [1.54, 1.807) is 18.3 Å². The Balaban J connectivity index is 0.000000861. The summed E-state index contributed by atoms with van der Waals surface area (Å²) in [6, 6.07) is 10.9. The number of halogens is 1. The van der Waals surface area contributed by atoms with Crippen molar-refractivity contribution in [2.75, 3.05) is 5.32 Å². The second kappa shape index (κ2) is 7.69. The summed E-state index contributed by atoms with van der Waals surface area (Å²) in [5.74, 6) is 0.411. The molecule has 2 aromatic rings. The minimum atomic E-state index is -0.157. The summed E-state index contributed by atoms with van der Waals surface area (Å²) in [4.78, 5) is 16.0. The number of hydrogen-bond donors (Lipinski definition) is 1. The van der Waals surface area contributed by atoms with Gasteiger partial charge in [0.15, 0.2) is 0 Å². The molecule has 0 saturated heterocycles. The fraction of sp³-hybridized carbons (Fsp3) is 0.200. The van der Waals surface area contributed by atoms with Crippen LogP contribution in [0.1, 0.15) is 29.8 Å². The van der Waals surface area contributed by atoms with Crippen molar-refractivity contribution < 1.29 is 4.79 Å². The normalized spacial score (nSPS) is 9.26. The number of carbonyl (C=O) groups excluding carboxylic acids is 1. The average Bonchev–Trinajstić information content (AvgIpc) is 2.41. The molecule has 0 spiro atoms. The molecule has 0 bridgehead atoms. The van der Waals surface area contributed by atoms with E-state index in [1.807, 2.05) is 45.0 Å². The quantitative estimate of drug-likeness (QED) is 0.889. The van der Waals surface area contributed by atoms with Crippen LogP contribution >= 0.6 is 15.9 Å². The monoisotopic (exact) mass is 320 g/mol. The first-order valence-electron chi connectivity index (χ1n) is 6.15. The minimum Gasteiger partial charge on any atom is -0.307 e. The second-order valence-corrected chi connectivity index (χ2v) is 4.60. The highest BCUT2D eigenvalue weighted by molar-refractivity contribution is 9.10. The van der Waals surface area contributed by atoms with Crippen LogP contribution < -0.4 is 5.32 Å². The molecule has 0 aliphatic heterocycles. The first-order chi connectivity index (χ1) is 9.15. The minimum absolute atomic E-state index is 0.157. The maximum Gasteiger partial charge on any atom is 0.256 e. The van der Waals surface area contributed by atoms with Gasteiger partial charge in [0, 0.05) is 16.2 Å². The summed E-state index contributed by atoms with van der Waals surface area (Å²) < 4.78 is 0.947. The molecule has 0 saturated carbocycles. The Labute approximate surface area is 122 Å². The van der Waals surface area contributed by atoms with Gasteiger partial charge in [-0.3, -0.25) is 4.79 Å². The van der Waals surface area contributed by atoms with Crippen LogP contribution in [-0.2, 0) is 0 Å². The molecule has 1 amide bonds. The van der Waals surface area contributed by atoms with Gasteiger partial charge in [-0.2, -0.15) is 0 Å². The lowest BCUT2D eigenvalue weighted by atomic mass is 10.2. The third-order valence-corrected chi connectivity index (χ3v) is 2.79. The summed E-state index contributed by atoms with van der Waals surface area (Å²) >= 11 is 3.33. The molecule has 1 aromatic heterocycles. The third-order valence-electron chi connectivity index (χ3n) is 2.26. The van der Waals surface area contributed by atoms with Gasteiger partial charge in [-0.05, 0) is 48.9 Å². The molecule has 1 aromatic carbocycles. The summed E-state index contributed by atoms with van der Waals surface area (Å²) in [6.45, 7) is 5.96. The number of nitrogens with zero attached hydrogens (tertiary/aromatic N) is 1. The van der Waals surface area contributed by atoms with Crippen LogP contribution in [0.4, 0.5) is 5.82 Å². The molecule has 0 atom stereocenters. The number of nitrogens with one attached hydrogen (secondary N) is 1. The highest BCUT2D eigenvalue weighted by Gasteiger charge is 2.06. The predicted octanol–water partition coefficient (Wildman–Crippen LogP) is 4.43. The number of amides is 1. The van der Waals surface area contributed by atoms with Crippen LogP contribution in [0.2, 0.25) is 0 Å². The number of carbonyl (C=O) groups is 1. The molecular formula is C15H17BrN2O. The third kappa shape index (κ3) is 4.83. The molecule has 0 fully saturated rings. The molecule has 4 heteroatoms. The van der Waals surface area contributed by atoms with Crippen LogP contribution in [-0.4, -0.2) is 10.9 Å². The van der Waals surface area contributed by atoms with Gasteiger partial charge in [0.1, 0.15) is 5.82 Å². The molecule has 2 rings (SSSR count). The van der Waals surface area contributed by atoms with Gasteiger partial charge in [0.2, 0.25) is 0 Å². The number of pyridine rings is 1. The van der Waals surface area contributed by atoms with E-state index in [1.165, 1.54) is 0 Å². The Morgan fingerprint density at radius 1 is 1.16 bits per heavy atom. The van der Waals surface area contributed by atoms with Crippen molar-refractivity contribution in [2.45, 2.75) is 20.8 Å². The highest BCUT2D eigenvalue weighted by atomic mass is 79.9. The van der Waals surface area contributed by atoms with Gasteiger partial charge in [-0.15, -0.1) is 0 Å². The summed E-state index contributed by atoms with van der Waals surface area (Å²) in [5, 5.41) is 2.75. The Hall–Kier alpha value is -1.68. The van der Waals surface area contributed by atoms with E-state index >= 15 is 0 Å². The molecular weight excluding hydrogens is 304 g/mol. The summed E-state index contributed by atoms with van der Waals surface area (Å²) in [6.07, 6.45) is 1.67. The van der Waals surface area contributed by atoms with Gasteiger partial charge in [-0.1, -0.05) is 29.8 Å². The lowest BCUT2D eigenvalue weighted by Crippen LogP contribution is -2.12. The molecule has 0 aliphatic carbocycles. The lowest BCUT2D eigenvalue weighted by molar-refractivity contribution is 0.102. The molecule has 1 heterocycles. The first-order valence-corrected chi connectivity index (χ1v) is 6.94. The smallest absolute Gasteiger partial charge is 0.256 e. The second-order valence-electron chi connectivity index (χ2n) is 3.68. The Morgan fingerprint density at radius 2 is 1.79 bits per heavy atom. The predicted molar refractivity (Wildman–Crippen MR) is 82.4 cm³/mol. The fourth-order valence-electron chi connectivity index (χ4n) is 1.39. The maximum absolute atomic E-state index is 11.9. The maximum atomic E-state index is 11.9. The van der Waals surface area contributed by atoms with Crippen molar-refractivity contribution in [3.05, 3.63) is 58.2 Å². The Kier molecular flexibility index (Phi) is 6.22. The fourth-order valence-corrected chi connectivity index (χ4v) is 1.66. The topological polar surface area (TPSA) is 42.0 Å². The summed E-state index contributed by atoms with van der Waals surface area (Å²) in [5.41, 5.74) is 1.67. The molecule has 19 heavy (non-hydrogen) atoms. The summed E-state index contributed by atoms with van der Waals surface area (Å²) in [7, 11) is 0. The van der Waals surface area contributed by atoms with Gasteiger partial charge in [0.05, 0.1) is 0 Å². The van der Waals surface area contributed by atoms with Crippen LogP contribution in [0, 0.1) is 6.92 Å². The van der Waals surface area contributed by atoms with Crippen LogP contribution in [0.3, 0.4) is 0 Å². The Bertz CT molecular complexity index is 538. The first kappa shape index (κ1) is 15.4. The number of anilines is 1. The van der Waals surface area contributed by atoms with E-state index in [0.29, 0.717) is 11.4 Å². The molecule has 0 unspecified atom stereocenters. The van der Waals surface area contributed by atoms with Crippen LogP contribution in [0.5, 0.6) is 0 Å². The number of rotatable bonds is 2. The van der Waals surface area contributed by atoms with E-state index in [-0.39, 0.29) is 5.91 Å². The van der Waals surface area contributed by atoms with Gasteiger partial charge in [-0.25, -0.2) is 4.98 Å². The largest absolute Gasteiger partial charge is 0.307 e. The average molecular weight is 321 g/mol. The number of aryl methyl sites for hydroxylation is 1. The Morgan fingerprint density at radius 3 is 2.37 bits per heavy atom. The number of hydrogen-bond acceptors (Lipinski definition) is 2. The lowest BCUT2D eigenvalue weighted by Gasteiger charge is -2.04. The van der Waals surface area contributed by atoms with Crippen molar-refractivity contribution in [1.29, 1.82) is 0 Å². The van der Waals surface area contributed by atoms with Crippen molar-refractivity contribution in [3.8, 4) is 0 Å². The van der Waals surface area contributed by atoms with E-state index in [2.05, 4.69) is 26.2 Å². The van der Waals surface area contributed by atoms with E-state index in [9.17, 15) is 4.79 Å².